The van der Waals surface area contributed by atoms with Crippen molar-refractivity contribution in [3.8, 4) is 0 Å². The number of halogens is 5. The van der Waals surface area contributed by atoms with E-state index in [1.807, 2.05) is 20.8 Å². The van der Waals surface area contributed by atoms with Crippen molar-refractivity contribution >= 4 is 5.91 Å². The quantitative estimate of drug-likeness (QED) is 0.504. The summed E-state index contributed by atoms with van der Waals surface area (Å²) in [6.45, 7) is 6.05. The highest BCUT2D eigenvalue weighted by atomic mass is 19.4. The van der Waals surface area contributed by atoms with Gasteiger partial charge < -0.3 is 0 Å². The smallest absolute Gasteiger partial charge is 0.290 e. The monoisotopic (exact) mass is 451 g/mol. The minimum atomic E-state index is -4.72. The van der Waals surface area contributed by atoms with Gasteiger partial charge in [-0.3, -0.25) is 14.2 Å². The maximum absolute atomic E-state index is 14.2. The van der Waals surface area contributed by atoms with E-state index < -0.39 is 34.8 Å². The largest absolute Gasteiger partial charge is 0.416 e. The summed E-state index contributed by atoms with van der Waals surface area (Å²) < 4.78 is 69.9. The van der Waals surface area contributed by atoms with E-state index in [9.17, 15) is 26.7 Å². The summed E-state index contributed by atoms with van der Waals surface area (Å²) in [6.07, 6.45) is -4.72. The Labute approximate surface area is 181 Å². The van der Waals surface area contributed by atoms with Crippen molar-refractivity contribution in [1.82, 2.24) is 9.36 Å². The van der Waals surface area contributed by atoms with Crippen molar-refractivity contribution < 1.29 is 26.7 Å². The Morgan fingerprint density at radius 2 is 1.59 bits per heavy atom. The van der Waals surface area contributed by atoms with E-state index in [0.29, 0.717) is 23.8 Å². The number of carbonyl (C=O) groups excluding carboxylic acids is 1. The van der Waals surface area contributed by atoms with Gasteiger partial charge in [0.15, 0.2) is 5.49 Å². The molecule has 0 radical (unpaired) electrons. The second-order valence-corrected chi connectivity index (χ2v) is 8.45. The number of benzene rings is 2. The lowest BCUT2D eigenvalue weighted by atomic mass is 9.92. The summed E-state index contributed by atoms with van der Waals surface area (Å²) in [6, 6.07) is 9.00. The van der Waals surface area contributed by atoms with Crippen LogP contribution in [0.3, 0.4) is 0 Å². The van der Waals surface area contributed by atoms with E-state index in [4.69, 9.17) is 0 Å². The molecule has 0 atom stereocenters. The first-order valence-corrected chi connectivity index (χ1v) is 9.75. The lowest BCUT2D eigenvalue weighted by Gasteiger charge is -2.20. The third-order valence-electron chi connectivity index (χ3n) is 5.00. The van der Waals surface area contributed by atoms with Crippen LogP contribution in [-0.4, -0.2) is 15.3 Å². The van der Waals surface area contributed by atoms with Crippen molar-refractivity contribution in [3.05, 3.63) is 88.0 Å². The zero-order chi connectivity index (χ0) is 23.8. The third-order valence-corrected chi connectivity index (χ3v) is 5.00. The highest BCUT2D eigenvalue weighted by Crippen LogP contribution is 2.30. The van der Waals surface area contributed by atoms with Crippen LogP contribution in [0.4, 0.5) is 22.0 Å². The highest BCUT2D eigenvalue weighted by molar-refractivity contribution is 5.95. The molecular formula is C23H22F5N3O. The molecule has 1 amide bonds. The average molecular weight is 451 g/mol. The lowest BCUT2D eigenvalue weighted by molar-refractivity contribution is -0.137. The molecule has 1 heterocycles. The van der Waals surface area contributed by atoms with Gasteiger partial charge in [-0.2, -0.15) is 18.2 Å². The molecule has 9 heteroatoms. The van der Waals surface area contributed by atoms with E-state index in [1.54, 1.807) is 34.6 Å². The van der Waals surface area contributed by atoms with E-state index in [0.717, 1.165) is 5.69 Å². The van der Waals surface area contributed by atoms with Gasteiger partial charge in [0.1, 0.15) is 11.6 Å². The van der Waals surface area contributed by atoms with Gasteiger partial charge >= 0.3 is 6.18 Å². The zero-order valence-corrected chi connectivity index (χ0v) is 18.0. The molecule has 0 saturated carbocycles. The number of nitrogens with zero attached hydrogens (tertiary/aromatic N) is 3. The normalized spacial score (nSPS) is 13.0. The number of amides is 1. The van der Waals surface area contributed by atoms with Gasteiger partial charge in [0.05, 0.1) is 17.7 Å². The van der Waals surface area contributed by atoms with E-state index in [2.05, 4.69) is 4.99 Å². The summed E-state index contributed by atoms with van der Waals surface area (Å²) in [4.78, 5) is 16.6. The van der Waals surface area contributed by atoms with Crippen LogP contribution in [0.15, 0.2) is 53.5 Å². The summed E-state index contributed by atoms with van der Waals surface area (Å²) in [7, 11) is 1.75. The van der Waals surface area contributed by atoms with Gasteiger partial charge in [-0.15, -0.1) is 0 Å². The Balaban J connectivity index is 2.14. The van der Waals surface area contributed by atoms with Gasteiger partial charge in [-0.25, -0.2) is 8.78 Å². The van der Waals surface area contributed by atoms with Gasteiger partial charge in [0.2, 0.25) is 0 Å². The first-order valence-electron chi connectivity index (χ1n) is 9.75. The Bertz CT molecular complexity index is 1210. The predicted octanol–water partition coefficient (Wildman–Crippen LogP) is 5.21. The SMILES string of the molecule is Cn1c(C(C)(C)C)cc(=NC(=O)c2cc(C(F)(F)F)ccc2F)n1Cc1ccc(F)cc1. The van der Waals surface area contributed by atoms with Gasteiger partial charge in [0.25, 0.3) is 5.91 Å². The molecule has 0 aliphatic heterocycles. The number of aromatic nitrogens is 2. The van der Waals surface area contributed by atoms with Gasteiger partial charge in [0, 0.05) is 24.2 Å². The Hall–Kier alpha value is -3.23. The van der Waals surface area contributed by atoms with Crippen LogP contribution >= 0.6 is 0 Å². The Morgan fingerprint density at radius 1 is 0.969 bits per heavy atom. The molecule has 4 nitrogen and oxygen atoms in total. The molecule has 32 heavy (non-hydrogen) atoms. The molecule has 0 aliphatic carbocycles. The fraction of sp³-hybridized carbons (Fsp3) is 0.304. The second kappa shape index (κ2) is 8.37. The number of carbonyl (C=O) groups is 1. The topological polar surface area (TPSA) is 39.3 Å². The van der Waals surface area contributed by atoms with Crippen molar-refractivity contribution in [2.45, 2.75) is 38.9 Å². The van der Waals surface area contributed by atoms with E-state index in [-0.39, 0.29) is 17.4 Å². The van der Waals surface area contributed by atoms with Crippen molar-refractivity contribution in [1.29, 1.82) is 0 Å². The molecule has 0 fully saturated rings. The number of alkyl halides is 3. The maximum atomic E-state index is 14.2. The van der Waals surface area contributed by atoms with Crippen molar-refractivity contribution in [3.63, 3.8) is 0 Å². The molecule has 170 valence electrons. The summed E-state index contributed by atoms with van der Waals surface area (Å²) in [5.74, 6) is -2.63. The summed E-state index contributed by atoms with van der Waals surface area (Å²) in [5.41, 5.74) is -0.613. The Kier molecular flexibility index (Phi) is 6.13. The molecule has 3 aromatic rings. The second-order valence-electron chi connectivity index (χ2n) is 8.45. The predicted molar refractivity (Wildman–Crippen MR) is 109 cm³/mol. The third kappa shape index (κ3) is 4.98. The molecule has 0 unspecified atom stereocenters. The molecule has 0 saturated heterocycles. The van der Waals surface area contributed by atoms with Crippen LogP contribution in [0.2, 0.25) is 0 Å². The Morgan fingerprint density at radius 3 is 2.16 bits per heavy atom. The van der Waals surface area contributed by atoms with Crippen molar-refractivity contribution in [2.75, 3.05) is 0 Å². The van der Waals surface area contributed by atoms with Crippen LogP contribution in [0.5, 0.6) is 0 Å². The number of hydrogen-bond donors (Lipinski definition) is 0. The van der Waals surface area contributed by atoms with Crippen LogP contribution in [0.25, 0.3) is 0 Å². The minimum Gasteiger partial charge on any atom is -0.290 e. The molecule has 3 rings (SSSR count). The highest BCUT2D eigenvalue weighted by Gasteiger charge is 2.32. The van der Waals surface area contributed by atoms with Crippen LogP contribution in [-0.2, 0) is 25.2 Å². The molecule has 0 N–H and O–H groups in total. The average Bonchev–Trinajstić information content (AvgIpc) is 2.99. The van der Waals surface area contributed by atoms with E-state index >= 15 is 0 Å². The van der Waals surface area contributed by atoms with Gasteiger partial charge in [-0.1, -0.05) is 32.9 Å². The molecular weight excluding hydrogens is 429 g/mol. The fourth-order valence-electron chi connectivity index (χ4n) is 3.35. The van der Waals surface area contributed by atoms with Crippen molar-refractivity contribution in [2.24, 2.45) is 12.0 Å². The first kappa shape index (κ1) is 23.4. The molecule has 0 bridgehead atoms. The van der Waals surface area contributed by atoms with Crippen LogP contribution < -0.4 is 5.49 Å². The van der Waals surface area contributed by atoms with Gasteiger partial charge in [-0.05, 0) is 35.9 Å². The summed E-state index contributed by atoms with van der Waals surface area (Å²) >= 11 is 0. The number of rotatable bonds is 3. The van der Waals surface area contributed by atoms with E-state index in [1.165, 1.54) is 12.1 Å². The molecule has 2 aromatic carbocycles. The molecule has 0 spiro atoms. The fourth-order valence-corrected chi connectivity index (χ4v) is 3.35. The standard InChI is InChI=1S/C23H22F5N3O/c1-22(2,3)19-12-20(31(30(19)4)13-14-5-8-16(24)9-6-14)29-21(32)17-11-15(23(26,27)28)7-10-18(17)25/h5-12H,13H2,1-4H3. The lowest BCUT2D eigenvalue weighted by Crippen LogP contribution is -2.26. The van der Waals surface area contributed by atoms with Crippen LogP contribution in [0.1, 0.15) is 48.0 Å². The summed E-state index contributed by atoms with van der Waals surface area (Å²) in [5, 5.41) is 0. The molecule has 0 aliphatic rings. The zero-order valence-electron chi connectivity index (χ0n) is 18.0. The minimum absolute atomic E-state index is 0.142. The first-order chi connectivity index (χ1) is 14.8. The van der Waals surface area contributed by atoms with Crippen LogP contribution in [0, 0.1) is 11.6 Å². The molecule has 1 aromatic heterocycles. The maximum Gasteiger partial charge on any atom is 0.416 e. The number of hydrogen-bond acceptors (Lipinski definition) is 1.